The highest BCUT2D eigenvalue weighted by molar-refractivity contribution is 4.82. The maximum Gasteiger partial charge on any atom is 0.328 e. The monoisotopic (exact) mass is 210 g/mol. The molecule has 84 valence electrons. The number of hydrogen-bond donors (Lipinski definition) is 1. The van der Waals surface area contributed by atoms with Crippen LogP contribution in [0.5, 0.6) is 0 Å². The molecule has 1 aromatic rings. The summed E-state index contributed by atoms with van der Waals surface area (Å²) in [6, 6.07) is 1.38. The molecule has 4 heteroatoms. The second kappa shape index (κ2) is 5.53. The minimum absolute atomic E-state index is 0.313. The predicted molar refractivity (Wildman–Crippen MR) is 60.0 cm³/mol. The molecule has 15 heavy (non-hydrogen) atoms. The molecule has 0 bridgehead atoms. The van der Waals surface area contributed by atoms with Gasteiger partial charge in [-0.25, -0.2) is 4.79 Å². The lowest BCUT2D eigenvalue weighted by Gasteiger charge is -2.05. The van der Waals surface area contributed by atoms with Gasteiger partial charge in [0.25, 0.3) is 5.56 Å². The summed E-state index contributed by atoms with van der Waals surface area (Å²) < 4.78 is 1.54. The van der Waals surface area contributed by atoms with E-state index in [4.69, 9.17) is 0 Å². The van der Waals surface area contributed by atoms with E-state index in [1.54, 1.807) is 10.8 Å². The van der Waals surface area contributed by atoms with Gasteiger partial charge >= 0.3 is 5.69 Å². The number of nitrogens with one attached hydrogen (secondary N) is 1. The van der Waals surface area contributed by atoms with Gasteiger partial charge in [-0.1, -0.05) is 26.7 Å². The normalized spacial score (nSPS) is 10.9. The molecule has 1 rings (SSSR count). The molecule has 0 fully saturated rings. The van der Waals surface area contributed by atoms with E-state index in [-0.39, 0.29) is 11.2 Å². The van der Waals surface area contributed by atoms with E-state index >= 15 is 0 Å². The van der Waals surface area contributed by atoms with Gasteiger partial charge in [0.05, 0.1) is 0 Å². The average Bonchev–Trinajstić information content (AvgIpc) is 2.14. The number of aryl methyl sites for hydroxylation is 1. The molecule has 0 unspecified atom stereocenters. The standard InChI is InChI=1S/C11H18N2O2/c1-9(2)5-3-4-7-13-8-6-10(14)12-11(13)15/h6,8-9H,3-5,7H2,1-2H3,(H,12,14,15). The van der Waals surface area contributed by atoms with Gasteiger partial charge in [0.15, 0.2) is 0 Å². The van der Waals surface area contributed by atoms with Crippen molar-refractivity contribution in [1.29, 1.82) is 0 Å². The minimum Gasteiger partial charge on any atom is -0.301 e. The van der Waals surface area contributed by atoms with E-state index < -0.39 is 0 Å². The van der Waals surface area contributed by atoms with Crippen LogP contribution in [0.4, 0.5) is 0 Å². The zero-order chi connectivity index (χ0) is 11.3. The fraction of sp³-hybridized carbons (Fsp3) is 0.636. The molecular formula is C11H18N2O2. The number of H-pyrrole nitrogens is 1. The van der Waals surface area contributed by atoms with Gasteiger partial charge in [-0.3, -0.25) is 9.78 Å². The Labute approximate surface area is 89.0 Å². The Morgan fingerprint density at radius 3 is 2.67 bits per heavy atom. The first-order valence-corrected chi connectivity index (χ1v) is 5.39. The molecule has 1 N–H and O–H groups in total. The van der Waals surface area contributed by atoms with Crippen molar-refractivity contribution in [3.8, 4) is 0 Å². The quantitative estimate of drug-likeness (QED) is 0.746. The Kier molecular flexibility index (Phi) is 4.34. The van der Waals surface area contributed by atoms with Crippen molar-refractivity contribution >= 4 is 0 Å². The van der Waals surface area contributed by atoms with Gasteiger partial charge in [0.1, 0.15) is 0 Å². The summed E-state index contributed by atoms with van der Waals surface area (Å²) in [5.41, 5.74) is -0.648. The topological polar surface area (TPSA) is 54.9 Å². The molecule has 1 heterocycles. The molecule has 0 aliphatic rings. The van der Waals surface area contributed by atoms with Crippen LogP contribution in [-0.4, -0.2) is 9.55 Å². The van der Waals surface area contributed by atoms with E-state index in [0.29, 0.717) is 12.5 Å². The Bertz CT molecular complexity index is 404. The zero-order valence-electron chi connectivity index (χ0n) is 9.32. The molecule has 0 aliphatic carbocycles. The van der Waals surface area contributed by atoms with Crippen LogP contribution in [0.25, 0.3) is 0 Å². The summed E-state index contributed by atoms with van der Waals surface area (Å²) >= 11 is 0. The van der Waals surface area contributed by atoms with Gasteiger partial charge in [-0.15, -0.1) is 0 Å². The Hall–Kier alpha value is -1.32. The molecule has 4 nitrogen and oxygen atoms in total. The third-order valence-electron chi connectivity index (χ3n) is 2.33. The SMILES string of the molecule is CC(C)CCCCn1ccc(=O)[nH]c1=O. The van der Waals surface area contributed by atoms with Crippen LogP contribution in [0.2, 0.25) is 0 Å². The molecule has 0 saturated heterocycles. The van der Waals surface area contributed by atoms with Crippen molar-refractivity contribution in [3.05, 3.63) is 33.1 Å². The largest absolute Gasteiger partial charge is 0.328 e. The maximum atomic E-state index is 11.3. The van der Waals surface area contributed by atoms with Crippen LogP contribution in [0.3, 0.4) is 0 Å². The van der Waals surface area contributed by atoms with Crippen LogP contribution in [0.1, 0.15) is 33.1 Å². The number of hydrogen-bond acceptors (Lipinski definition) is 2. The van der Waals surface area contributed by atoms with Crippen LogP contribution >= 0.6 is 0 Å². The van der Waals surface area contributed by atoms with Crippen molar-refractivity contribution < 1.29 is 0 Å². The second-order valence-corrected chi connectivity index (χ2v) is 4.19. The highest BCUT2D eigenvalue weighted by atomic mass is 16.2. The summed E-state index contributed by atoms with van der Waals surface area (Å²) in [6.07, 6.45) is 4.82. The number of unbranched alkanes of at least 4 members (excludes halogenated alkanes) is 1. The van der Waals surface area contributed by atoms with Crippen molar-refractivity contribution in [2.45, 2.75) is 39.7 Å². The number of rotatable bonds is 5. The van der Waals surface area contributed by atoms with E-state index in [0.717, 1.165) is 12.8 Å². The molecule has 0 saturated carbocycles. The first-order chi connectivity index (χ1) is 7.09. The van der Waals surface area contributed by atoms with Crippen molar-refractivity contribution in [1.82, 2.24) is 9.55 Å². The molecule has 0 amide bonds. The summed E-state index contributed by atoms with van der Waals surface area (Å²) in [7, 11) is 0. The predicted octanol–water partition coefficient (Wildman–Crippen LogP) is 1.36. The van der Waals surface area contributed by atoms with E-state index in [2.05, 4.69) is 18.8 Å². The number of aromatic nitrogens is 2. The smallest absolute Gasteiger partial charge is 0.301 e. The summed E-state index contributed by atoms with van der Waals surface area (Å²) in [6.45, 7) is 5.06. The van der Waals surface area contributed by atoms with Crippen molar-refractivity contribution in [2.24, 2.45) is 5.92 Å². The molecule has 0 aliphatic heterocycles. The zero-order valence-corrected chi connectivity index (χ0v) is 9.32. The summed E-state index contributed by atoms with van der Waals surface area (Å²) in [5.74, 6) is 0.706. The van der Waals surface area contributed by atoms with Gasteiger partial charge in [0.2, 0.25) is 0 Å². The van der Waals surface area contributed by atoms with Crippen molar-refractivity contribution in [3.63, 3.8) is 0 Å². The Morgan fingerprint density at radius 2 is 2.07 bits per heavy atom. The van der Waals surface area contributed by atoms with E-state index in [1.807, 2.05) is 0 Å². The Morgan fingerprint density at radius 1 is 1.33 bits per heavy atom. The molecule has 0 spiro atoms. The van der Waals surface area contributed by atoms with E-state index in [1.165, 1.54) is 12.5 Å². The Balaban J connectivity index is 2.45. The fourth-order valence-electron chi connectivity index (χ4n) is 1.46. The first-order valence-electron chi connectivity index (χ1n) is 5.39. The highest BCUT2D eigenvalue weighted by Crippen LogP contribution is 2.06. The number of aromatic amines is 1. The summed E-state index contributed by atoms with van der Waals surface area (Å²) in [4.78, 5) is 24.3. The first kappa shape index (κ1) is 11.8. The molecule has 0 atom stereocenters. The lowest BCUT2D eigenvalue weighted by Crippen LogP contribution is -2.28. The average molecular weight is 210 g/mol. The fourth-order valence-corrected chi connectivity index (χ4v) is 1.46. The van der Waals surface area contributed by atoms with Crippen LogP contribution in [0.15, 0.2) is 21.9 Å². The number of nitrogens with zero attached hydrogens (tertiary/aromatic N) is 1. The van der Waals surface area contributed by atoms with Crippen LogP contribution in [0, 0.1) is 5.92 Å². The minimum atomic E-state index is -0.335. The highest BCUT2D eigenvalue weighted by Gasteiger charge is 1.97. The lowest BCUT2D eigenvalue weighted by atomic mass is 10.1. The molecule has 0 aromatic carbocycles. The molecule has 0 radical (unpaired) electrons. The van der Waals surface area contributed by atoms with Crippen LogP contribution < -0.4 is 11.2 Å². The van der Waals surface area contributed by atoms with E-state index in [9.17, 15) is 9.59 Å². The van der Waals surface area contributed by atoms with Gasteiger partial charge in [-0.05, 0) is 12.3 Å². The van der Waals surface area contributed by atoms with Crippen molar-refractivity contribution in [2.75, 3.05) is 0 Å². The third kappa shape index (κ3) is 4.14. The lowest BCUT2D eigenvalue weighted by molar-refractivity contribution is 0.501. The van der Waals surface area contributed by atoms with Gasteiger partial charge in [-0.2, -0.15) is 0 Å². The van der Waals surface area contributed by atoms with Gasteiger partial charge < -0.3 is 4.57 Å². The van der Waals surface area contributed by atoms with Crippen LogP contribution in [-0.2, 0) is 6.54 Å². The second-order valence-electron chi connectivity index (χ2n) is 4.19. The third-order valence-corrected chi connectivity index (χ3v) is 2.33. The van der Waals surface area contributed by atoms with Gasteiger partial charge in [0, 0.05) is 18.8 Å². The molecule has 1 aromatic heterocycles. The maximum absolute atomic E-state index is 11.3. The summed E-state index contributed by atoms with van der Waals surface area (Å²) in [5, 5.41) is 0. The molecular weight excluding hydrogens is 192 g/mol.